The first-order valence-electron chi connectivity index (χ1n) is 12.9. The Hall–Kier alpha value is -3.89. The van der Waals surface area contributed by atoms with E-state index in [2.05, 4.69) is 22.8 Å². The summed E-state index contributed by atoms with van der Waals surface area (Å²) in [5.74, 6) is 0.846. The van der Waals surface area contributed by atoms with Gasteiger partial charge in [0.2, 0.25) is 17.8 Å². The highest BCUT2D eigenvalue weighted by atomic mass is 32.1. The first-order valence-corrected chi connectivity index (χ1v) is 13.7. The van der Waals surface area contributed by atoms with Crippen LogP contribution < -0.4 is 15.5 Å². The summed E-state index contributed by atoms with van der Waals surface area (Å²) >= 11 is 1.44. The number of thiazole rings is 1. The average molecular weight is 529 g/mol. The van der Waals surface area contributed by atoms with Crippen molar-refractivity contribution in [3.05, 3.63) is 65.9 Å². The van der Waals surface area contributed by atoms with E-state index in [9.17, 15) is 14.7 Å². The maximum atomic E-state index is 12.2. The van der Waals surface area contributed by atoms with Gasteiger partial charge in [0.1, 0.15) is 5.82 Å². The zero-order valence-electron chi connectivity index (χ0n) is 20.8. The van der Waals surface area contributed by atoms with Gasteiger partial charge < -0.3 is 15.7 Å². The fraction of sp³-hybridized carbons (Fsp3) is 0.321. The molecule has 6 rings (SSSR count). The lowest BCUT2D eigenvalue weighted by atomic mass is 9.93. The van der Waals surface area contributed by atoms with Gasteiger partial charge in [0, 0.05) is 31.4 Å². The number of imide groups is 1. The first-order chi connectivity index (χ1) is 18.5. The van der Waals surface area contributed by atoms with E-state index in [1.54, 1.807) is 6.07 Å². The Balaban J connectivity index is 1.26. The lowest BCUT2D eigenvalue weighted by molar-refractivity contribution is -0.121. The van der Waals surface area contributed by atoms with Gasteiger partial charge in [0.15, 0.2) is 5.13 Å². The molecule has 9 nitrogen and oxygen atoms in total. The molecule has 2 aromatic heterocycles. The molecule has 38 heavy (non-hydrogen) atoms. The number of nitrogens with one attached hydrogen (secondary N) is 2. The molecule has 0 bridgehead atoms. The monoisotopic (exact) mass is 528 g/mol. The molecule has 3 heterocycles. The van der Waals surface area contributed by atoms with E-state index in [0.29, 0.717) is 29.0 Å². The Morgan fingerprint density at radius 3 is 2.45 bits per heavy atom. The van der Waals surface area contributed by atoms with Crippen molar-refractivity contribution in [2.24, 2.45) is 0 Å². The van der Waals surface area contributed by atoms with Crippen molar-refractivity contribution in [2.75, 3.05) is 15.5 Å². The van der Waals surface area contributed by atoms with Crippen LogP contribution in [0.5, 0.6) is 0 Å². The van der Waals surface area contributed by atoms with Crippen LogP contribution in [-0.2, 0) is 16.0 Å². The second-order valence-corrected chi connectivity index (χ2v) is 10.8. The van der Waals surface area contributed by atoms with Crippen molar-refractivity contribution in [2.45, 2.75) is 57.1 Å². The lowest BCUT2D eigenvalue weighted by Gasteiger charge is -2.26. The summed E-state index contributed by atoms with van der Waals surface area (Å²) in [5, 5.41) is 17.3. The number of nitrogens with zero attached hydrogens (tertiary/aromatic N) is 4. The van der Waals surface area contributed by atoms with Crippen molar-refractivity contribution >= 4 is 56.0 Å². The molecule has 3 N–H and O–H groups in total. The minimum Gasteiger partial charge on any atom is -0.393 e. The molecule has 194 valence electrons. The second kappa shape index (κ2) is 10.5. The average Bonchev–Trinajstić information content (AvgIpc) is 3.46. The molecule has 1 saturated carbocycles. The van der Waals surface area contributed by atoms with Crippen LogP contribution in [0, 0.1) is 0 Å². The van der Waals surface area contributed by atoms with Gasteiger partial charge in [0.25, 0.3) is 0 Å². The molecule has 2 amide bonds. The third-order valence-corrected chi connectivity index (χ3v) is 7.89. The van der Waals surface area contributed by atoms with Crippen molar-refractivity contribution in [3.63, 3.8) is 0 Å². The Kier molecular flexibility index (Phi) is 6.73. The predicted octanol–water partition coefficient (Wildman–Crippen LogP) is 4.79. The SMILES string of the molecule is O=C1CCC(=O)N1c1ccc2nc(Nc3cc(Cc4ccccc4)nc(NC4CCC(O)CC4)n3)sc2c1. The number of aromatic nitrogens is 3. The number of amides is 2. The molecule has 0 unspecified atom stereocenters. The molecule has 4 aromatic rings. The van der Waals surface area contributed by atoms with Crippen molar-refractivity contribution in [1.29, 1.82) is 0 Å². The highest BCUT2D eigenvalue weighted by Gasteiger charge is 2.30. The fourth-order valence-electron chi connectivity index (χ4n) is 5.00. The van der Waals surface area contributed by atoms with Crippen molar-refractivity contribution in [3.8, 4) is 0 Å². The Morgan fingerprint density at radius 1 is 0.921 bits per heavy atom. The highest BCUT2D eigenvalue weighted by Crippen LogP contribution is 2.33. The van der Waals surface area contributed by atoms with E-state index in [-0.39, 0.29) is 36.8 Å². The van der Waals surface area contributed by atoms with E-state index in [1.807, 2.05) is 36.4 Å². The highest BCUT2D eigenvalue weighted by molar-refractivity contribution is 7.22. The van der Waals surface area contributed by atoms with Gasteiger partial charge in [-0.3, -0.25) is 14.5 Å². The number of rotatable bonds is 7. The Bertz CT molecular complexity index is 1470. The molecule has 1 aliphatic heterocycles. The summed E-state index contributed by atoms with van der Waals surface area (Å²) in [6, 6.07) is 17.8. The van der Waals surface area contributed by atoms with Gasteiger partial charge >= 0.3 is 0 Å². The largest absolute Gasteiger partial charge is 0.393 e. The molecule has 0 spiro atoms. The molecule has 0 radical (unpaired) electrons. The van der Waals surface area contributed by atoms with Crippen LogP contribution in [0.1, 0.15) is 49.8 Å². The third kappa shape index (κ3) is 5.36. The summed E-state index contributed by atoms with van der Waals surface area (Å²) in [5.41, 5.74) is 3.39. The van der Waals surface area contributed by atoms with Crippen LogP contribution in [0.15, 0.2) is 54.6 Å². The standard InChI is InChI=1S/C28H28N6O3S/c35-21-9-6-18(7-10-21)29-27-30-19(14-17-4-2-1-3-5-17)15-24(32-27)33-28-31-22-11-8-20(16-23(22)38-28)34-25(36)12-13-26(34)37/h1-5,8,11,15-16,18,21,35H,6-7,9-10,12-14H2,(H2,29,30,31,32,33). The zero-order chi connectivity index (χ0) is 26.1. The van der Waals surface area contributed by atoms with E-state index >= 15 is 0 Å². The number of hydrogen-bond acceptors (Lipinski definition) is 9. The molecule has 1 saturated heterocycles. The summed E-state index contributed by atoms with van der Waals surface area (Å²) in [6.07, 6.45) is 4.24. The third-order valence-electron chi connectivity index (χ3n) is 6.95. The van der Waals surface area contributed by atoms with Crippen LogP contribution in [0.4, 0.5) is 22.6 Å². The molecule has 10 heteroatoms. The van der Waals surface area contributed by atoms with Crippen LogP contribution in [0.2, 0.25) is 0 Å². The normalized spacial score (nSPS) is 19.8. The number of hydrogen-bond donors (Lipinski definition) is 3. The van der Waals surface area contributed by atoms with Gasteiger partial charge in [0.05, 0.1) is 27.7 Å². The van der Waals surface area contributed by atoms with Gasteiger partial charge in [-0.25, -0.2) is 9.97 Å². The topological polar surface area (TPSA) is 120 Å². The number of carbonyl (C=O) groups is 2. The van der Waals surface area contributed by atoms with Gasteiger partial charge in [-0.05, 0) is 49.4 Å². The molecule has 1 aliphatic carbocycles. The minimum absolute atomic E-state index is 0.170. The summed E-state index contributed by atoms with van der Waals surface area (Å²) < 4.78 is 0.871. The van der Waals surface area contributed by atoms with E-state index in [4.69, 9.17) is 15.0 Å². The first kappa shape index (κ1) is 24.4. The zero-order valence-corrected chi connectivity index (χ0v) is 21.6. The van der Waals surface area contributed by atoms with Crippen LogP contribution >= 0.6 is 11.3 Å². The maximum absolute atomic E-state index is 12.2. The number of carbonyl (C=O) groups excluding carboxylic acids is 2. The number of fused-ring (bicyclic) bond motifs is 1. The number of aliphatic hydroxyl groups is 1. The summed E-state index contributed by atoms with van der Waals surface area (Å²) in [7, 11) is 0. The fourth-order valence-corrected chi connectivity index (χ4v) is 5.91. The molecule has 2 aliphatic rings. The molecule has 2 aromatic carbocycles. The molecular formula is C28H28N6O3S. The maximum Gasteiger partial charge on any atom is 0.234 e. The van der Waals surface area contributed by atoms with Crippen LogP contribution in [0.3, 0.4) is 0 Å². The van der Waals surface area contributed by atoms with Gasteiger partial charge in [-0.2, -0.15) is 4.98 Å². The minimum atomic E-state index is -0.225. The summed E-state index contributed by atoms with van der Waals surface area (Å²) in [6.45, 7) is 0. The van der Waals surface area contributed by atoms with E-state index in [1.165, 1.54) is 16.2 Å². The Labute approximate surface area is 224 Å². The number of anilines is 4. The van der Waals surface area contributed by atoms with Crippen molar-refractivity contribution < 1.29 is 14.7 Å². The van der Waals surface area contributed by atoms with Gasteiger partial charge in [-0.15, -0.1) is 0 Å². The Morgan fingerprint density at radius 2 is 1.68 bits per heavy atom. The van der Waals surface area contributed by atoms with Crippen LogP contribution in [-0.4, -0.2) is 44.0 Å². The lowest BCUT2D eigenvalue weighted by Crippen LogP contribution is -2.29. The predicted molar refractivity (Wildman–Crippen MR) is 148 cm³/mol. The number of aliphatic hydroxyl groups excluding tert-OH is 1. The number of benzene rings is 2. The quantitative estimate of drug-likeness (QED) is 0.293. The smallest absolute Gasteiger partial charge is 0.234 e. The van der Waals surface area contributed by atoms with Crippen molar-refractivity contribution in [1.82, 2.24) is 15.0 Å². The van der Waals surface area contributed by atoms with E-state index in [0.717, 1.165) is 47.2 Å². The second-order valence-electron chi connectivity index (χ2n) is 9.80. The van der Waals surface area contributed by atoms with E-state index < -0.39 is 0 Å². The summed E-state index contributed by atoms with van der Waals surface area (Å²) in [4.78, 5) is 39.8. The van der Waals surface area contributed by atoms with Gasteiger partial charge in [-0.1, -0.05) is 41.7 Å². The van der Waals surface area contributed by atoms with Crippen LogP contribution in [0.25, 0.3) is 10.2 Å². The molecule has 2 fully saturated rings. The molecular weight excluding hydrogens is 500 g/mol. The molecule has 0 atom stereocenters.